The summed E-state index contributed by atoms with van der Waals surface area (Å²) >= 11 is 5.97. The van der Waals surface area contributed by atoms with Gasteiger partial charge in [-0.1, -0.05) is 11.6 Å². The van der Waals surface area contributed by atoms with Crippen molar-refractivity contribution in [2.24, 2.45) is 0 Å². The van der Waals surface area contributed by atoms with Crippen LogP contribution in [0.3, 0.4) is 0 Å². The molecule has 2 aliphatic heterocycles. The molecule has 0 saturated carbocycles. The first-order valence-electron chi connectivity index (χ1n) is 5.53. The molecule has 1 fully saturated rings. The van der Waals surface area contributed by atoms with Gasteiger partial charge in [0.15, 0.2) is 5.79 Å². The Hall–Kier alpha value is -1.10. The van der Waals surface area contributed by atoms with Gasteiger partial charge in [-0.25, -0.2) is 0 Å². The van der Waals surface area contributed by atoms with Gasteiger partial charge in [0.2, 0.25) is 5.91 Å². The largest absolute Gasteiger partial charge is 0.347 e. The molecule has 1 saturated heterocycles. The molecule has 2 heterocycles. The van der Waals surface area contributed by atoms with Crippen molar-refractivity contribution in [3.05, 3.63) is 28.8 Å². The molecular formula is C12H12ClNO3. The van der Waals surface area contributed by atoms with Crippen LogP contribution in [0.5, 0.6) is 0 Å². The highest BCUT2D eigenvalue weighted by Gasteiger charge is 2.41. The Bertz CT molecular complexity index is 469. The lowest BCUT2D eigenvalue weighted by Crippen LogP contribution is -2.35. The maximum Gasteiger partial charge on any atom is 0.229 e. The summed E-state index contributed by atoms with van der Waals surface area (Å²) in [7, 11) is 0. The van der Waals surface area contributed by atoms with Gasteiger partial charge in [-0.15, -0.1) is 0 Å². The second-order valence-electron chi connectivity index (χ2n) is 4.31. The molecule has 3 rings (SSSR count). The zero-order valence-corrected chi connectivity index (χ0v) is 9.92. The fraction of sp³-hybridized carbons (Fsp3) is 0.417. The van der Waals surface area contributed by atoms with E-state index in [9.17, 15) is 4.79 Å². The van der Waals surface area contributed by atoms with E-state index in [-0.39, 0.29) is 12.3 Å². The van der Waals surface area contributed by atoms with Gasteiger partial charge in [0.1, 0.15) is 0 Å². The van der Waals surface area contributed by atoms with E-state index >= 15 is 0 Å². The minimum Gasteiger partial charge on any atom is -0.347 e. The number of hydrogen-bond donors (Lipinski definition) is 1. The summed E-state index contributed by atoms with van der Waals surface area (Å²) < 4.78 is 11.2. The lowest BCUT2D eigenvalue weighted by atomic mass is 10.0. The molecule has 0 radical (unpaired) electrons. The van der Waals surface area contributed by atoms with Crippen molar-refractivity contribution in [2.45, 2.75) is 18.6 Å². The highest BCUT2D eigenvalue weighted by Crippen LogP contribution is 2.35. The number of ether oxygens (including phenoxy) is 2. The predicted molar refractivity (Wildman–Crippen MR) is 63.0 cm³/mol. The van der Waals surface area contributed by atoms with Gasteiger partial charge in [0.25, 0.3) is 0 Å². The first kappa shape index (κ1) is 11.0. The van der Waals surface area contributed by atoms with Crippen LogP contribution in [0.1, 0.15) is 12.0 Å². The normalized spacial score (nSPS) is 22.1. The maximum atomic E-state index is 11.8. The standard InChI is InChI=1S/C12H12ClNO3/c13-9-1-2-10-8(5-9)6-12(7-11(15)14-10)16-3-4-17-12/h1-2,5H,3-4,6-7H2,(H,14,15). The Morgan fingerprint density at radius 2 is 2.00 bits per heavy atom. The molecule has 1 amide bonds. The summed E-state index contributed by atoms with van der Waals surface area (Å²) in [5.41, 5.74) is 1.74. The molecule has 0 aromatic heterocycles. The Kier molecular flexibility index (Phi) is 2.58. The third-order valence-corrected chi connectivity index (χ3v) is 3.28. The number of nitrogens with one attached hydrogen (secondary N) is 1. The fourth-order valence-corrected chi connectivity index (χ4v) is 2.52. The van der Waals surface area contributed by atoms with Crippen molar-refractivity contribution < 1.29 is 14.3 Å². The molecule has 5 heteroatoms. The van der Waals surface area contributed by atoms with Crippen LogP contribution in [0, 0.1) is 0 Å². The van der Waals surface area contributed by atoms with Gasteiger partial charge in [-0.05, 0) is 23.8 Å². The molecule has 1 N–H and O–H groups in total. The molecule has 0 bridgehead atoms. The third kappa shape index (κ3) is 2.04. The minimum absolute atomic E-state index is 0.0898. The van der Waals surface area contributed by atoms with E-state index in [1.165, 1.54) is 0 Å². The number of amides is 1. The Morgan fingerprint density at radius 1 is 1.24 bits per heavy atom. The summed E-state index contributed by atoms with van der Waals surface area (Å²) in [5, 5.41) is 3.49. The highest BCUT2D eigenvalue weighted by molar-refractivity contribution is 6.30. The minimum atomic E-state index is -0.806. The summed E-state index contributed by atoms with van der Waals surface area (Å²) in [5.74, 6) is -0.895. The number of halogens is 1. The van der Waals surface area contributed by atoms with E-state index in [2.05, 4.69) is 5.32 Å². The van der Waals surface area contributed by atoms with Crippen molar-refractivity contribution in [1.82, 2.24) is 0 Å². The summed E-state index contributed by atoms with van der Waals surface area (Å²) in [4.78, 5) is 11.8. The van der Waals surface area contributed by atoms with Crippen molar-refractivity contribution in [3.8, 4) is 0 Å². The average molecular weight is 254 g/mol. The van der Waals surface area contributed by atoms with Gasteiger partial charge in [-0.3, -0.25) is 4.79 Å². The summed E-state index contributed by atoms with van der Waals surface area (Å²) in [6, 6.07) is 5.41. The van der Waals surface area contributed by atoms with Crippen LogP contribution >= 0.6 is 11.6 Å². The highest BCUT2D eigenvalue weighted by atomic mass is 35.5. The molecule has 0 aliphatic carbocycles. The molecule has 17 heavy (non-hydrogen) atoms. The maximum absolute atomic E-state index is 11.8. The van der Waals surface area contributed by atoms with Crippen molar-refractivity contribution in [3.63, 3.8) is 0 Å². The van der Waals surface area contributed by atoms with Gasteiger partial charge in [-0.2, -0.15) is 0 Å². The lowest BCUT2D eigenvalue weighted by molar-refractivity contribution is -0.165. The molecular weight excluding hydrogens is 242 g/mol. The molecule has 2 aliphatic rings. The van der Waals surface area contributed by atoms with Crippen LogP contribution in [-0.4, -0.2) is 24.9 Å². The second kappa shape index (κ2) is 3.98. The van der Waals surface area contributed by atoms with Gasteiger partial charge in [0.05, 0.1) is 19.6 Å². The smallest absolute Gasteiger partial charge is 0.229 e. The first-order valence-corrected chi connectivity index (χ1v) is 5.91. The Morgan fingerprint density at radius 3 is 2.76 bits per heavy atom. The lowest BCUT2D eigenvalue weighted by Gasteiger charge is -2.24. The molecule has 4 nitrogen and oxygen atoms in total. The van der Waals surface area contributed by atoms with Crippen molar-refractivity contribution in [2.75, 3.05) is 18.5 Å². The second-order valence-corrected chi connectivity index (χ2v) is 4.75. The summed E-state index contributed by atoms with van der Waals surface area (Å²) in [6.45, 7) is 1.06. The molecule has 1 spiro atoms. The third-order valence-electron chi connectivity index (χ3n) is 3.04. The zero-order valence-electron chi connectivity index (χ0n) is 9.16. The topological polar surface area (TPSA) is 47.6 Å². The van der Waals surface area contributed by atoms with E-state index in [1.807, 2.05) is 12.1 Å². The van der Waals surface area contributed by atoms with E-state index in [4.69, 9.17) is 21.1 Å². The monoisotopic (exact) mass is 253 g/mol. The summed E-state index contributed by atoms with van der Waals surface area (Å²) in [6.07, 6.45) is 0.765. The van der Waals surface area contributed by atoms with Gasteiger partial charge in [0, 0.05) is 17.1 Å². The van der Waals surface area contributed by atoms with Crippen LogP contribution in [0.15, 0.2) is 18.2 Å². The van der Waals surface area contributed by atoms with Crippen molar-refractivity contribution in [1.29, 1.82) is 0 Å². The number of rotatable bonds is 0. The predicted octanol–water partition coefficient (Wildman–Crippen LogP) is 1.97. The molecule has 90 valence electrons. The molecule has 1 aromatic rings. The van der Waals surface area contributed by atoms with E-state index in [0.717, 1.165) is 11.3 Å². The molecule has 0 atom stereocenters. The zero-order chi connectivity index (χ0) is 11.9. The molecule has 1 aromatic carbocycles. The number of fused-ring (bicyclic) bond motifs is 1. The number of anilines is 1. The Balaban J connectivity index is 2.02. The van der Waals surface area contributed by atoms with E-state index in [1.54, 1.807) is 6.07 Å². The molecule has 0 unspecified atom stereocenters. The quantitative estimate of drug-likeness (QED) is 0.769. The SMILES string of the molecule is O=C1CC2(Cc3cc(Cl)ccc3N1)OCCO2. The van der Waals surface area contributed by atoms with Crippen LogP contribution < -0.4 is 5.32 Å². The first-order chi connectivity index (χ1) is 8.17. The van der Waals surface area contributed by atoms with E-state index in [0.29, 0.717) is 24.7 Å². The van der Waals surface area contributed by atoms with Crippen molar-refractivity contribution >= 4 is 23.2 Å². The number of hydrogen-bond acceptors (Lipinski definition) is 3. The van der Waals surface area contributed by atoms with Gasteiger partial charge >= 0.3 is 0 Å². The van der Waals surface area contributed by atoms with Crippen LogP contribution in [-0.2, 0) is 20.7 Å². The fourth-order valence-electron chi connectivity index (χ4n) is 2.32. The van der Waals surface area contributed by atoms with Crippen LogP contribution in [0.2, 0.25) is 5.02 Å². The number of carbonyl (C=O) groups is 1. The van der Waals surface area contributed by atoms with Crippen LogP contribution in [0.25, 0.3) is 0 Å². The van der Waals surface area contributed by atoms with E-state index < -0.39 is 5.79 Å². The van der Waals surface area contributed by atoms with Gasteiger partial charge < -0.3 is 14.8 Å². The Labute approximate surface area is 104 Å². The average Bonchev–Trinajstić information content (AvgIpc) is 2.64. The number of carbonyl (C=O) groups excluding carboxylic acids is 1. The van der Waals surface area contributed by atoms with Crippen LogP contribution in [0.4, 0.5) is 5.69 Å². The number of benzene rings is 1.